The van der Waals surface area contributed by atoms with E-state index in [1.807, 2.05) is 33.8 Å². The van der Waals surface area contributed by atoms with Gasteiger partial charge < -0.3 is 10.1 Å². The summed E-state index contributed by atoms with van der Waals surface area (Å²) in [7, 11) is 0. The molecule has 0 aliphatic rings. The highest BCUT2D eigenvalue weighted by Gasteiger charge is 2.20. The Hall–Kier alpha value is -0.830. The van der Waals surface area contributed by atoms with Gasteiger partial charge in [0.05, 0.1) is 0 Å². The first-order valence-electron chi connectivity index (χ1n) is 5.44. The molecule has 0 aromatic heterocycles. The van der Waals surface area contributed by atoms with Crippen molar-refractivity contribution in [1.82, 2.24) is 5.32 Å². The summed E-state index contributed by atoms with van der Waals surface area (Å²) in [6.07, 6.45) is 3.84. The number of ether oxygens (including phenoxy) is 1. The summed E-state index contributed by atoms with van der Waals surface area (Å²) >= 11 is 0. The fourth-order valence-corrected chi connectivity index (χ4v) is 1.04. The number of esters is 1. The molecule has 0 heterocycles. The quantitative estimate of drug-likeness (QED) is 0.418. The molecule has 1 N–H and O–H groups in total. The maximum Gasteiger partial charge on any atom is 0.323 e. The molecule has 0 fully saturated rings. The molecule has 15 heavy (non-hydrogen) atoms. The summed E-state index contributed by atoms with van der Waals surface area (Å²) in [6.45, 7) is 11.9. The van der Waals surface area contributed by atoms with E-state index in [9.17, 15) is 4.79 Å². The molecular formula is C12H23NO2. The third-order valence-electron chi connectivity index (χ3n) is 1.80. The van der Waals surface area contributed by atoms with Crippen LogP contribution in [-0.4, -0.2) is 24.2 Å². The van der Waals surface area contributed by atoms with Gasteiger partial charge in [-0.1, -0.05) is 6.08 Å². The van der Waals surface area contributed by atoms with Crippen LogP contribution in [-0.2, 0) is 9.53 Å². The van der Waals surface area contributed by atoms with Crippen molar-refractivity contribution in [3.05, 3.63) is 12.7 Å². The van der Waals surface area contributed by atoms with Crippen LogP contribution in [0.1, 0.15) is 40.5 Å². The lowest BCUT2D eigenvalue weighted by atomic mass is 10.2. The molecule has 88 valence electrons. The second kappa shape index (κ2) is 6.62. The number of nitrogens with one attached hydrogen (secondary N) is 1. The molecule has 0 aromatic rings. The van der Waals surface area contributed by atoms with Gasteiger partial charge in [-0.05, 0) is 47.1 Å². The number of rotatable bonds is 6. The minimum atomic E-state index is -0.409. The molecule has 0 rings (SSSR count). The number of carbonyl (C=O) groups is 1. The minimum Gasteiger partial charge on any atom is -0.459 e. The average molecular weight is 213 g/mol. The van der Waals surface area contributed by atoms with Crippen LogP contribution in [0.25, 0.3) is 0 Å². The summed E-state index contributed by atoms with van der Waals surface area (Å²) in [5, 5.41) is 3.12. The number of allylic oxidation sites excluding steroid dienone is 1. The minimum absolute atomic E-state index is 0.193. The van der Waals surface area contributed by atoms with E-state index in [1.165, 1.54) is 0 Å². The van der Waals surface area contributed by atoms with Gasteiger partial charge in [0.1, 0.15) is 11.6 Å². The molecule has 0 spiro atoms. The molecule has 0 aliphatic carbocycles. The molecule has 0 amide bonds. The van der Waals surface area contributed by atoms with Crippen molar-refractivity contribution >= 4 is 5.97 Å². The van der Waals surface area contributed by atoms with E-state index in [1.54, 1.807) is 0 Å². The first-order valence-corrected chi connectivity index (χ1v) is 5.44. The van der Waals surface area contributed by atoms with Gasteiger partial charge in [-0.25, -0.2) is 0 Å². The van der Waals surface area contributed by atoms with Crippen LogP contribution >= 0.6 is 0 Å². The van der Waals surface area contributed by atoms with E-state index in [0.29, 0.717) is 0 Å². The average Bonchev–Trinajstić information content (AvgIpc) is 2.09. The second-order valence-corrected chi connectivity index (χ2v) is 4.64. The van der Waals surface area contributed by atoms with Crippen molar-refractivity contribution in [2.24, 2.45) is 0 Å². The predicted molar refractivity (Wildman–Crippen MR) is 62.7 cm³/mol. The fraction of sp³-hybridized carbons (Fsp3) is 0.750. The number of hydrogen-bond acceptors (Lipinski definition) is 3. The van der Waals surface area contributed by atoms with Gasteiger partial charge in [0.2, 0.25) is 0 Å². The number of hydrogen-bond donors (Lipinski definition) is 1. The smallest absolute Gasteiger partial charge is 0.323 e. The zero-order valence-electron chi connectivity index (χ0n) is 10.3. The van der Waals surface area contributed by atoms with Crippen LogP contribution in [0.15, 0.2) is 12.7 Å². The predicted octanol–water partition coefficient (Wildman–Crippen LogP) is 2.27. The Bertz CT molecular complexity index is 206. The Morgan fingerprint density at radius 2 is 2.13 bits per heavy atom. The van der Waals surface area contributed by atoms with Crippen LogP contribution in [0.3, 0.4) is 0 Å². The Morgan fingerprint density at radius 3 is 2.60 bits per heavy atom. The summed E-state index contributed by atoms with van der Waals surface area (Å²) < 4.78 is 5.23. The van der Waals surface area contributed by atoms with E-state index in [2.05, 4.69) is 11.9 Å². The largest absolute Gasteiger partial charge is 0.459 e. The van der Waals surface area contributed by atoms with Crippen molar-refractivity contribution in [2.75, 3.05) is 6.54 Å². The standard InChI is InChI=1S/C12H23NO2/c1-6-7-8-9-13-10(2)11(14)15-12(3,4)5/h6,10,13H,1,7-9H2,2-5H3/t10-/m0/s1. The maximum atomic E-state index is 11.5. The molecular weight excluding hydrogens is 190 g/mol. The molecule has 0 aliphatic heterocycles. The lowest BCUT2D eigenvalue weighted by molar-refractivity contribution is -0.156. The van der Waals surface area contributed by atoms with Crippen LogP contribution < -0.4 is 5.32 Å². The Labute approximate surface area is 92.9 Å². The molecule has 0 saturated carbocycles. The van der Waals surface area contributed by atoms with Gasteiger partial charge >= 0.3 is 5.97 Å². The van der Waals surface area contributed by atoms with Crippen molar-refractivity contribution in [3.8, 4) is 0 Å². The summed E-state index contributed by atoms with van der Waals surface area (Å²) in [5.41, 5.74) is -0.409. The molecule has 3 heteroatoms. The highest BCUT2D eigenvalue weighted by molar-refractivity contribution is 5.75. The van der Waals surface area contributed by atoms with Crippen molar-refractivity contribution in [3.63, 3.8) is 0 Å². The monoisotopic (exact) mass is 213 g/mol. The zero-order valence-corrected chi connectivity index (χ0v) is 10.3. The van der Waals surface area contributed by atoms with Crippen molar-refractivity contribution < 1.29 is 9.53 Å². The molecule has 3 nitrogen and oxygen atoms in total. The first kappa shape index (κ1) is 14.2. The van der Waals surface area contributed by atoms with Crippen molar-refractivity contribution in [1.29, 1.82) is 0 Å². The molecule has 1 atom stereocenters. The van der Waals surface area contributed by atoms with Gasteiger partial charge in [0.15, 0.2) is 0 Å². The van der Waals surface area contributed by atoms with Crippen molar-refractivity contribution in [2.45, 2.75) is 52.2 Å². The fourth-order valence-electron chi connectivity index (χ4n) is 1.04. The number of carbonyl (C=O) groups excluding carboxylic acids is 1. The lowest BCUT2D eigenvalue weighted by Gasteiger charge is -2.22. The van der Waals surface area contributed by atoms with Crippen LogP contribution in [0.5, 0.6) is 0 Å². The van der Waals surface area contributed by atoms with E-state index in [-0.39, 0.29) is 12.0 Å². The molecule has 0 aromatic carbocycles. The lowest BCUT2D eigenvalue weighted by Crippen LogP contribution is -2.39. The zero-order chi connectivity index (χ0) is 11.9. The van der Waals surface area contributed by atoms with Gasteiger partial charge in [-0.2, -0.15) is 0 Å². The van der Waals surface area contributed by atoms with E-state index in [0.717, 1.165) is 19.4 Å². The topological polar surface area (TPSA) is 38.3 Å². The molecule has 0 unspecified atom stereocenters. The SMILES string of the molecule is C=CCCCN[C@@H](C)C(=O)OC(C)(C)C. The Morgan fingerprint density at radius 1 is 1.53 bits per heavy atom. The van der Waals surface area contributed by atoms with E-state index >= 15 is 0 Å². The second-order valence-electron chi connectivity index (χ2n) is 4.64. The molecule has 0 radical (unpaired) electrons. The molecule has 0 bridgehead atoms. The Kier molecular flexibility index (Phi) is 6.25. The van der Waals surface area contributed by atoms with Gasteiger partial charge in [0.25, 0.3) is 0 Å². The molecule has 0 saturated heterocycles. The van der Waals surface area contributed by atoms with Gasteiger partial charge in [-0.3, -0.25) is 4.79 Å². The van der Waals surface area contributed by atoms with Crippen LogP contribution in [0.4, 0.5) is 0 Å². The third kappa shape index (κ3) is 8.18. The summed E-state index contributed by atoms with van der Waals surface area (Å²) in [5.74, 6) is -0.193. The van der Waals surface area contributed by atoms with Gasteiger partial charge in [-0.15, -0.1) is 6.58 Å². The number of unbranched alkanes of at least 4 members (excludes halogenated alkanes) is 1. The highest BCUT2D eigenvalue weighted by Crippen LogP contribution is 2.08. The highest BCUT2D eigenvalue weighted by atomic mass is 16.6. The van der Waals surface area contributed by atoms with E-state index < -0.39 is 5.60 Å². The summed E-state index contributed by atoms with van der Waals surface area (Å²) in [4.78, 5) is 11.5. The van der Waals surface area contributed by atoms with Crippen LogP contribution in [0, 0.1) is 0 Å². The van der Waals surface area contributed by atoms with Crippen LogP contribution in [0.2, 0.25) is 0 Å². The summed E-state index contributed by atoms with van der Waals surface area (Å²) in [6, 6.07) is -0.242. The first-order chi connectivity index (χ1) is 6.87. The third-order valence-corrected chi connectivity index (χ3v) is 1.80. The van der Waals surface area contributed by atoms with Gasteiger partial charge in [0, 0.05) is 0 Å². The normalized spacial score (nSPS) is 13.3. The Balaban J connectivity index is 3.74. The maximum absolute atomic E-state index is 11.5. The van der Waals surface area contributed by atoms with E-state index in [4.69, 9.17) is 4.74 Å².